The van der Waals surface area contributed by atoms with Gasteiger partial charge in [-0.3, -0.25) is 9.59 Å². The fraction of sp³-hybridized carbons (Fsp3) is 0.750. The summed E-state index contributed by atoms with van der Waals surface area (Å²) in [5.41, 5.74) is 0. The van der Waals surface area contributed by atoms with Gasteiger partial charge in [-0.15, -0.1) is 0 Å². The van der Waals surface area contributed by atoms with Crippen molar-refractivity contribution in [1.82, 2.24) is 4.90 Å². The van der Waals surface area contributed by atoms with Crippen LogP contribution < -0.4 is 0 Å². The van der Waals surface area contributed by atoms with Crippen molar-refractivity contribution < 1.29 is 23.1 Å². The van der Waals surface area contributed by atoms with E-state index in [0.29, 0.717) is 0 Å². The van der Waals surface area contributed by atoms with Gasteiger partial charge in [-0.25, -0.2) is 8.42 Å². The third-order valence-corrected chi connectivity index (χ3v) is 4.04. The number of carbonyl (C=O) groups excluding carboxylic acids is 1. The first-order chi connectivity index (χ1) is 6.68. The lowest BCUT2D eigenvalue weighted by molar-refractivity contribution is -0.136. The number of sulfone groups is 1. The predicted octanol–water partition coefficient (Wildman–Crippen LogP) is -0.647. The Morgan fingerprint density at radius 3 is 2.13 bits per heavy atom. The number of hydrogen-bond donors (Lipinski definition) is 1. The molecule has 0 bridgehead atoms. The third-order valence-electron chi connectivity index (χ3n) is 1.99. The molecule has 0 aliphatic carbocycles. The highest BCUT2D eigenvalue weighted by Gasteiger charge is 2.28. The Bertz CT molecular complexity index is 346. The maximum Gasteiger partial charge on any atom is 0.321 e. The van der Waals surface area contributed by atoms with Crippen LogP contribution in [0.15, 0.2) is 0 Å². The quantitative estimate of drug-likeness (QED) is 0.686. The summed E-state index contributed by atoms with van der Waals surface area (Å²) in [5, 5.41) is 7.05. The van der Waals surface area contributed by atoms with Crippen LogP contribution >= 0.6 is 0 Å². The Labute approximate surface area is 88.8 Å². The van der Waals surface area contributed by atoms with E-state index in [2.05, 4.69) is 0 Å². The number of carboxylic acids is 1. The van der Waals surface area contributed by atoms with E-state index in [1.165, 1.54) is 19.0 Å². The second-order valence-corrected chi connectivity index (χ2v) is 5.83. The van der Waals surface area contributed by atoms with Crippen molar-refractivity contribution in [3.8, 4) is 0 Å². The second-order valence-electron chi connectivity index (χ2n) is 3.39. The Kier molecular flexibility index (Phi) is 4.73. The third kappa shape index (κ3) is 4.28. The molecule has 0 aliphatic rings. The van der Waals surface area contributed by atoms with Crippen LogP contribution in [-0.2, 0) is 19.4 Å². The molecule has 0 radical (unpaired) electrons. The van der Waals surface area contributed by atoms with Gasteiger partial charge in [0.2, 0.25) is 5.91 Å². The molecule has 0 aliphatic heterocycles. The smallest absolute Gasteiger partial charge is 0.321 e. The van der Waals surface area contributed by atoms with Crippen LogP contribution in [0, 0.1) is 0 Å². The number of rotatable bonds is 5. The van der Waals surface area contributed by atoms with Crippen molar-refractivity contribution in [3.63, 3.8) is 0 Å². The van der Waals surface area contributed by atoms with Gasteiger partial charge < -0.3 is 10.0 Å². The summed E-state index contributed by atoms with van der Waals surface area (Å²) in [6.45, 7) is 1.10. The average Bonchev–Trinajstić information content (AvgIpc) is 2.12. The number of carbonyl (C=O) groups is 2. The van der Waals surface area contributed by atoms with Gasteiger partial charge in [0.25, 0.3) is 0 Å². The minimum Gasteiger partial charge on any atom is -0.480 e. The van der Waals surface area contributed by atoms with Crippen LogP contribution in [0.1, 0.15) is 13.3 Å². The molecule has 0 fully saturated rings. The molecule has 1 N–H and O–H groups in total. The summed E-state index contributed by atoms with van der Waals surface area (Å²) in [6.07, 6.45) is -0.188. The molecule has 7 heteroatoms. The summed E-state index contributed by atoms with van der Waals surface area (Å²) in [4.78, 5) is 22.8. The summed E-state index contributed by atoms with van der Waals surface area (Å²) in [7, 11) is -0.716. The number of hydrogen-bond acceptors (Lipinski definition) is 4. The molecule has 0 saturated heterocycles. The van der Waals surface area contributed by atoms with Crippen molar-refractivity contribution in [2.45, 2.75) is 18.6 Å². The predicted molar refractivity (Wildman–Crippen MR) is 54.2 cm³/mol. The summed E-state index contributed by atoms with van der Waals surface area (Å²) in [5.74, 6) is -2.17. The zero-order valence-electron chi connectivity index (χ0n) is 8.93. The molecule has 15 heavy (non-hydrogen) atoms. The Hall–Kier alpha value is -1.11. The van der Waals surface area contributed by atoms with Crippen LogP contribution in [0.2, 0.25) is 0 Å². The van der Waals surface area contributed by atoms with Crippen LogP contribution in [0.5, 0.6) is 0 Å². The second kappa shape index (κ2) is 5.11. The highest BCUT2D eigenvalue weighted by Crippen LogP contribution is 2.04. The lowest BCUT2D eigenvalue weighted by atomic mass is 10.4. The van der Waals surface area contributed by atoms with Gasteiger partial charge in [-0.05, 0) is 6.92 Å². The maximum absolute atomic E-state index is 11.3. The van der Waals surface area contributed by atoms with E-state index in [1.807, 2.05) is 0 Å². The molecule has 1 atom stereocenters. The largest absolute Gasteiger partial charge is 0.480 e. The monoisotopic (exact) mass is 237 g/mol. The maximum atomic E-state index is 11.3. The van der Waals surface area contributed by atoms with Crippen LogP contribution in [0.25, 0.3) is 0 Å². The van der Waals surface area contributed by atoms with Gasteiger partial charge in [-0.2, -0.15) is 0 Å². The number of amides is 1. The minimum absolute atomic E-state index is 0.188. The Balaban J connectivity index is 4.42. The molecule has 0 heterocycles. The van der Waals surface area contributed by atoms with E-state index >= 15 is 0 Å². The van der Waals surface area contributed by atoms with Gasteiger partial charge in [0.15, 0.2) is 15.1 Å². The van der Waals surface area contributed by atoms with E-state index in [4.69, 9.17) is 5.11 Å². The average molecular weight is 237 g/mol. The van der Waals surface area contributed by atoms with Crippen LogP contribution in [0.3, 0.4) is 0 Å². The van der Waals surface area contributed by atoms with Crippen molar-refractivity contribution >= 4 is 21.7 Å². The van der Waals surface area contributed by atoms with Gasteiger partial charge in [0, 0.05) is 20.5 Å². The number of nitrogens with zero attached hydrogens (tertiary/aromatic N) is 1. The van der Waals surface area contributed by atoms with E-state index in [0.717, 1.165) is 6.92 Å². The first-order valence-electron chi connectivity index (χ1n) is 4.33. The lowest BCUT2D eigenvalue weighted by Gasteiger charge is -2.11. The zero-order valence-corrected chi connectivity index (χ0v) is 9.74. The molecule has 0 saturated carbocycles. The highest BCUT2D eigenvalue weighted by atomic mass is 32.2. The normalized spacial score (nSPS) is 13.3. The molecule has 0 aromatic heterocycles. The molecule has 0 spiro atoms. The number of aliphatic carboxylic acids is 1. The highest BCUT2D eigenvalue weighted by molar-refractivity contribution is 7.92. The van der Waals surface area contributed by atoms with Crippen molar-refractivity contribution in [2.24, 2.45) is 0 Å². The molecular weight excluding hydrogens is 222 g/mol. The van der Waals surface area contributed by atoms with Gasteiger partial charge >= 0.3 is 5.97 Å². The molecule has 6 nitrogen and oxygen atoms in total. The fourth-order valence-electron chi connectivity index (χ4n) is 0.784. The van der Waals surface area contributed by atoms with E-state index < -0.39 is 26.8 Å². The van der Waals surface area contributed by atoms with E-state index in [-0.39, 0.29) is 12.3 Å². The van der Waals surface area contributed by atoms with Gasteiger partial charge in [-0.1, -0.05) is 0 Å². The molecule has 0 aromatic carbocycles. The van der Waals surface area contributed by atoms with Gasteiger partial charge in [0.05, 0.1) is 5.75 Å². The molecule has 1 unspecified atom stereocenters. The SMILES string of the molecule is CC(C(=O)O)S(=O)(=O)CCC(=O)N(C)C. The number of carboxylic acid groups (broad SMARTS) is 1. The first-order valence-corrected chi connectivity index (χ1v) is 6.04. The van der Waals surface area contributed by atoms with Crippen molar-refractivity contribution in [3.05, 3.63) is 0 Å². The Morgan fingerprint density at radius 1 is 1.33 bits per heavy atom. The zero-order chi connectivity index (χ0) is 12.2. The summed E-state index contributed by atoms with van der Waals surface area (Å²) >= 11 is 0. The van der Waals surface area contributed by atoms with Crippen molar-refractivity contribution in [2.75, 3.05) is 19.8 Å². The summed E-state index contributed by atoms with van der Waals surface area (Å²) < 4.78 is 22.7. The molecule has 1 amide bonds. The molecule has 88 valence electrons. The van der Waals surface area contributed by atoms with Crippen molar-refractivity contribution in [1.29, 1.82) is 0 Å². The fourth-order valence-corrected chi connectivity index (χ4v) is 1.90. The van der Waals surface area contributed by atoms with E-state index in [1.54, 1.807) is 0 Å². The topological polar surface area (TPSA) is 91.7 Å². The molecule has 0 aromatic rings. The van der Waals surface area contributed by atoms with Gasteiger partial charge in [0.1, 0.15) is 0 Å². The molecule has 0 rings (SSSR count). The standard InChI is InChI=1S/C8H15NO5S/c1-6(8(11)12)15(13,14)5-4-7(10)9(2)3/h6H,4-5H2,1-3H3,(H,11,12). The summed E-state index contributed by atoms with van der Waals surface area (Å²) in [6, 6.07) is 0. The molecular formula is C8H15NO5S. The minimum atomic E-state index is -3.74. The first kappa shape index (κ1) is 13.9. The van der Waals surface area contributed by atoms with Crippen LogP contribution in [0.4, 0.5) is 0 Å². The van der Waals surface area contributed by atoms with Crippen LogP contribution in [-0.4, -0.2) is 55.4 Å². The van der Waals surface area contributed by atoms with E-state index in [9.17, 15) is 18.0 Å². The Morgan fingerprint density at radius 2 is 1.80 bits per heavy atom. The lowest BCUT2D eigenvalue weighted by Crippen LogP contribution is -2.31.